The van der Waals surface area contributed by atoms with Crippen LogP contribution in [0.3, 0.4) is 0 Å². The summed E-state index contributed by atoms with van der Waals surface area (Å²) in [5.74, 6) is 0.624. The van der Waals surface area contributed by atoms with Crippen molar-refractivity contribution in [3.05, 3.63) is 10.4 Å². The van der Waals surface area contributed by atoms with Crippen molar-refractivity contribution in [2.75, 3.05) is 18.8 Å². The van der Waals surface area contributed by atoms with Crippen LogP contribution >= 0.6 is 12.6 Å². The fraction of sp³-hybridized carbons (Fsp3) is 0.833. The van der Waals surface area contributed by atoms with Gasteiger partial charge in [-0.2, -0.15) is 12.6 Å². The number of thiol groups is 1. The molecule has 0 unspecified atom stereocenters. The topological polar surface area (TPSA) is 77.9 Å². The summed E-state index contributed by atoms with van der Waals surface area (Å²) in [7, 11) is 0. The lowest BCUT2D eigenvalue weighted by Gasteiger charge is -2.00. The number of rotatable bonds is 6. The summed E-state index contributed by atoms with van der Waals surface area (Å²) in [5.41, 5.74) is 7.92. The zero-order valence-corrected chi connectivity index (χ0v) is 7.63. The molecule has 0 aromatic heterocycles. The third-order valence-electron chi connectivity index (χ3n) is 1.16. The standard InChI is InChI=1S/C6H12N4OS/c7-10-9-3-1-2-6(11)8-4-5-12/h12H,1-5H2,(H,8,11). The molecule has 0 aromatic rings. The lowest BCUT2D eigenvalue weighted by molar-refractivity contribution is -0.121. The van der Waals surface area contributed by atoms with Crippen LogP contribution in [0.1, 0.15) is 12.8 Å². The SMILES string of the molecule is [N-]=[N+]=NCCCC(=O)NCCS. The summed E-state index contributed by atoms with van der Waals surface area (Å²) in [4.78, 5) is 13.5. The minimum atomic E-state index is -0.0165. The predicted octanol–water partition coefficient (Wildman–Crippen LogP) is 1.12. The zero-order chi connectivity index (χ0) is 9.23. The number of carbonyl (C=O) groups excluding carboxylic acids is 1. The van der Waals surface area contributed by atoms with Gasteiger partial charge >= 0.3 is 0 Å². The molecule has 0 spiro atoms. The van der Waals surface area contributed by atoms with Crippen molar-refractivity contribution in [3.63, 3.8) is 0 Å². The van der Waals surface area contributed by atoms with E-state index in [1.54, 1.807) is 0 Å². The van der Waals surface area contributed by atoms with Crippen LogP contribution in [0.25, 0.3) is 10.4 Å². The highest BCUT2D eigenvalue weighted by Gasteiger charge is 1.97. The summed E-state index contributed by atoms with van der Waals surface area (Å²) in [6, 6.07) is 0. The smallest absolute Gasteiger partial charge is 0.220 e. The average molecular weight is 188 g/mol. The number of amides is 1. The van der Waals surface area contributed by atoms with Gasteiger partial charge in [-0.1, -0.05) is 5.11 Å². The number of nitrogens with one attached hydrogen (secondary N) is 1. The Morgan fingerprint density at radius 1 is 1.67 bits per heavy atom. The predicted molar refractivity (Wildman–Crippen MR) is 50.1 cm³/mol. The zero-order valence-electron chi connectivity index (χ0n) is 6.73. The normalized spacial score (nSPS) is 8.75. The first-order chi connectivity index (χ1) is 5.81. The molecule has 0 aromatic carbocycles. The van der Waals surface area contributed by atoms with Crippen molar-refractivity contribution in [2.24, 2.45) is 5.11 Å². The largest absolute Gasteiger partial charge is 0.355 e. The molecule has 12 heavy (non-hydrogen) atoms. The molecule has 0 saturated heterocycles. The minimum Gasteiger partial charge on any atom is -0.355 e. The Morgan fingerprint density at radius 3 is 3.00 bits per heavy atom. The van der Waals surface area contributed by atoms with Crippen molar-refractivity contribution in [3.8, 4) is 0 Å². The molecule has 0 radical (unpaired) electrons. The van der Waals surface area contributed by atoms with Crippen LogP contribution in [0, 0.1) is 0 Å². The van der Waals surface area contributed by atoms with Crippen LogP contribution in [0.15, 0.2) is 5.11 Å². The first kappa shape index (κ1) is 11.1. The van der Waals surface area contributed by atoms with E-state index in [9.17, 15) is 4.79 Å². The summed E-state index contributed by atoms with van der Waals surface area (Å²) in [5, 5.41) is 5.97. The molecule has 6 heteroatoms. The van der Waals surface area contributed by atoms with Gasteiger partial charge in [0.05, 0.1) is 0 Å². The van der Waals surface area contributed by atoms with Gasteiger partial charge in [0, 0.05) is 30.2 Å². The molecule has 1 amide bonds. The number of carbonyl (C=O) groups is 1. The molecular weight excluding hydrogens is 176 g/mol. The van der Waals surface area contributed by atoms with Crippen molar-refractivity contribution in [2.45, 2.75) is 12.8 Å². The van der Waals surface area contributed by atoms with Gasteiger partial charge in [0.2, 0.25) is 5.91 Å². The number of azide groups is 1. The van der Waals surface area contributed by atoms with E-state index >= 15 is 0 Å². The highest BCUT2D eigenvalue weighted by molar-refractivity contribution is 7.80. The fourth-order valence-corrected chi connectivity index (χ4v) is 0.751. The van der Waals surface area contributed by atoms with Crippen LogP contribution in [-0.2, 0) is 4.79 Å². The van der Waals surface area contributed by atoms with Gasteiger partial charge < -0.3 is 5.32 Å². The monoisotopic (exact) mass is 188 g/mol. The maximum absolute atomic E-state index is 10.9. The third kappa shape index (κ3) is 7.24. The maximum Gasteiger partial charge on any atom is 0.220 e. The Hall–Kier alpha value is -0.870. The molecule has 0 bridgehead atoms. The Kier molecular flexibility index (Phi) is 7.63. The molecule has 68 valence electrons. The molecule has 0 heterocycles. The van der Waals surface area contributed by atoms with E-state index in [4.69, 9.17) is 5.53 Å². The van der Waals surface area contributed by atoms with Crippen molar-refractivity contribution < 1.29 is 4.79 Å². The Balaban J connectivity index is 3.25. The molecule has 0 saturated carbocycles. The third-order valence-corrected chi connectivity index (χ3v) is 1.38. The molecule has 0 atom stereocenters. The highest BCUT2D eigenvalue weighted by Crippen LogP contribution is 1.89. The van der Waals surface area contributed by atoms with E-state index in [1.807, 2.05) is 0 Å². The van der Waals surface area contributed by atoms with Crippen molar-refractivity contribution in [1.29, 1.82) is 0 Å². The molecule has 0 fully saturated rings. The Labute approximate surface area is 76.6 Å². The van der Waals surface area contributed by atoms with Gasteiger partial charge in [0.25, 0.3) is 0 Å². The fourth-order valence-electron chi connectivity index (χ4n) is 0.639. The van der Waals surface area contributed by atoms with Gasteiger partial charge in [-0.3, -0.25) is 4.79 Å². The lowest BCUT2D eigenvalue weighted by atomic mass is 10.3. The van der Waals surface area contributed by atoms with E-state index < -0.39 is 0 Å². The summed E-state index contributed by atoms with van der Waals surface area (Å²) in [6.07, 6.45) is 1.01. The first-order valence-electron chi connectivity index (χ1n) is 3.69. The van der Waals surface area contributed by atoms with E-state index in [2.05, 4.69) is 28.0 Å². The molecular formula is C6H12N4OS. The average Bonchev–Trinajstić information content (AvgIpc) is 2.09. The summed E-state index contributed by atoms with van der Waals surface area (Å²) >= 11 is 3.94. The molecule has 0 aliphatic rings. The molecule has 1 N–H and O–H groups in total. The second kappa shape index (κ2) is 8.23. The number of hydrogen-bond donors (Lipinski definition) is 2. The highest BCUT2D eigenvalue weighted by atomic mass is 32.1. The van der Waals surface area contributed by atoms with Gasteiger partial charge in [0.15, 0.2) is 0 Å². The van der Waals surface area contributed by atoms with Gasteiger partial charge in [-0.15, -0.1) is 0 Å². The summed E-state index contributed by atoms with van der Waals surface area (Å²) < 4.78 is 0. The molecule has 5 nitrogen and oxygen atoms in total. The number of hydrogen-bond acceptors (Lipinski definition) is 3. The van der Waals surface area contributed by atoms with Gasteiger partial charge in [-0.25, -0.2) is 0 Å². The Morgan fingerprint density at radius 2 is 2.42 bits per heavy atom. The number of nitrogens with zero attached hydrogens (tertiary/aromatic N) is 3. The molecule has 0 aliphatic heterocycles. The van der Waals surface area contributed by atoms with Crippen LogP contribution in [0.4, 0.5) is 0 Å². The first-order valence-corrected chi connectivity index (χ1v) is 4.33. The molecule has 0 aliphatic carbocycles. The van der Waals surface area contributed by atoms with Gasteiger partial charge in [-0.05, 0) is 12.0 Å². The van der Waals surface area contributed by atoms with Crippen LogP contribution < -0.4 is 5.32 Å². The van der Waals surface area contributed by atoms with E-state index in [-0.39, 0.29) is 5.91 Å². The van der Waals surface area contributed by atoms with Crippen molar-refractivity contribution >= 4 is 18.5 Å². The van der Waals surface area contributed by atoms with Gasteiger partial charge in [0.1, 0.15) is 0 Å². The van der Waals surface area contributed by atoms with E-state index in [0.717, 1.165) is 0 Å². The van der Waals surface area contributed by atoms with Crippen LogP contribution in [-0.4, -0.2) is 24.7 Å². The molecule has 0 rings (SSSR count). The van der Waals surface area contributed by atoms with Crippen molar-refractivity contribution in [1.82, 2.24) is 5.32 Å². The van der Waals surface area contributed by atoms with Crippen LogP contribution in [0.5, 0.6) is 0 Å². The van der Waals surface area contributed by atoms with E-state index in [0.29, 0.717) is 31.7 Å². The quantitative estimate of drug-likeness (QED) is 0.212. The second-order valence-electron chi connectivity index (χ2n) is 2.13. The Bertz CT molecular complexity index is 178. The van der Waals surface area contributed by atoms with E-state index in [1.165, 1.54) is 0 Å². The summed E-state index contributed by atoms with van der Waals surface area (Å²) in [6.45, 7) is 0.967. The second-order valence-corrected chi connectivity index (χ2v) is 2.58. The minimum absolute atomic E-state index is 0.0165. The maximum atomic E-state index is 10.9. The van der Waals surface area contributed by atoms with Crippen LogP contribution in [0.2, 0.25) is 0 Å². The lowest BCUT2D eigenvalue weighted by Crippen LogP contribution is -2.24.